The normalized spacial score (nSPS) is 11.5. The van der Waals surface area contributed by atoms with Gasteiger partial charge in [-0.05, 0) is 68.6 Å². The maximum atomic E-state index is 13.2. The fourth-order valence-electron chi connectivity index (χ4n) is 4.01. The van der Waals surface area contributed by atoms with Crippen molar-refractivity contribution in [3.8, 4) is 0 Å². The van der Waals surface area contributed by atoms with Crippen molar-refractivity contribution >= 4 is 17.7 Å². The highest BCUT2D eigenvalue weighted by atomic mass is 19.1. The molecule has 1 aromatic carbocycles. The van der Waals surface area contributed by atoms with Gasteiger partial charge < -0.3 is 21.1 Å². The summed E-state index contributed by atoms with van der Waals surface area (Å²) in [7, 11) is 0. The molecule has 37 heavy (non-hydrogen) atoms. The van der Waals surface area contributed by atoms with Gasteiger partial charge in [0, 0.05) is 32.4 Å². The number of benzene rings is 1. The fraction of sp³-hybridized carbons (Fsp3) is 0.483. The molecule has 1 aromatic heterocycles. The van der Waals surface area contributed by atoms with E-state index in [4.69, 9.17) is 0 Å². The van der Waals surface area contributed by atoms with Crippen LogP contribution in [-0.4, -0.2) is 40.7 Å². The van der Waals surface area contributed by atoms with Gasteiger partial charge in [-0.25, -0.2) is 9.37 Å². The Labute approximate surface area is 220 Å². The number of carbonyl (C=O) groups excluding carboxylic acids is 1. The van der Waals surface area contributed by atoms with Crippen molar-refractivity contribution in [1.82, 2.24) is 15.3 Å². The van der Waals surface area contributed by atoms with Crippen LogP contribution in [0.5, 0.6) is 0 Å². The number of nitrogens with one attached hydrogen (secondary N) is 3. The van der Waals surface area contributed by atoms with E-state index < -0.39 is 0 Å². The zero-order valence-corrected chi connectivity index (χ0v) is 21.9. The first-order valence-corrected chi connectivity index (χ1v) is 13.3. The van der Waals surface area contributed by atoms with E-state index in [-0.39, 0.29) is 24.9 Å². The van der Waals surface area contributed by atoms with E-state index in [0.717, 1.165) is 69.9 Å². The van der Waals surface area contributed by atoms with Crippen molar-refractivity contribution in [2.24, 2.45) is 5.92 Å². The zero-order valence-electron chi connectivity index (χ0n) is 21.9. The number of hydrogen-bond acceptors (Lipinski definition) is 6. The van der Waals surface area contributed by atoms with Crippen LogP contribution in [0.1, 0.15) is 73.7 Å². The minimum atomic E-state index is -0.316. The average Bonchev–Trinajstić information content (AvgIpc) is 2.90. The van der Waals surface area contributed by atoms with Crippen LogP contribution in [0.2, 0.25) is 0 Å². The molecule has 202 valence electrons. The first kappa shape index (κ1) is 30.0. The van der Waals surface area contributed by atoms with Crippen LogP contribution >= 0.6 is 0 Å². The van der Waals surface area contributed by atoms with Crippen LogP contribution in [0.15, 0.2) is 55.8 Å². The Kier molecular flexibility index (Phi) is 14.6. The molecule has 0 fully saturated rings. The van der Waals surface area contributed by atoms with Crippen LogP contribution in [0.25, 0.3) is 0 Å². The standard InChI is InChI=1S/C29H42FN5O2/c1-3-5-6-7-8-9-18-32-29-34-22-26(28(37)33-21-24-13-15-25(30)16-14-24)27(35-29)31-19-10-12-23(11-4-2)17-20-36/h3-4,13-16,22-23,36H,1-2,5-12,17-21H2,(H,33,37)(H2,31,32,34,35). The van der Waals surface area contributed by atoms with E-state index in [1.165, 1.54) is 18.3 Å². The molecule has 0 saturated carbocycles. The van der Waals surface area contributed by atoms with Gasteiger partial charge >= 0.3 is 0 Å². The number of carbonyl (C=O) groups is 1. The number of hydrogen-bond donors (Lipinski definition) is 4. The zero-order chi connectivity index (χ0) is 26.7. The van der Waals surface area contributed by atoms with Crippen LogP contribution < -0.4 is 16.0 Å². The third-order valence-corrected chi connectivity index (χ3v) is 6.14. The number of anilines is 2. The quantitative estimate of drug-likeness (QED) is 0.131. The van der Waals surface area contributed by atoms with Gasteiger partial charge in [-0.2, -0.15) is 4.98 Å². The summed E-state index contributed by atoms with van der Waals surface area (Å²) in [5.74, 6) is 0.724. The lowest BCUT2D eigenvalue weighted by molar-refractivity contribution is 0.0951. The molecule has 7 nitrogen and oxygen atoms in total. The number of halogens is 1. The van der Waals surface area contributed by atoms with Gasteiger partial charge in [0.05, 0.1) is 0 Å². The van der Waals surface area contributed by atoms with E-state index in [2.05, 4.69) is 39.1 Å². The summed E-state index contributed by atoms with van der Waals surface area (Å²) in [6, 6.07) is 6.02. The Bertz CT molecular complexity index is 952. The minimum Gasteiger partial charge on any atom is -0.396 e. The Morgan fingerprint density at radius 3 is 2.49 bits per heavy atom. The van der Waals surface area contributed by atoms with E-state index in [1.54, 1.807) is 12.1 Å². The molecule has 1 heterocycles. The number of aliphatic hydroxyl groups excluding tert-OH is 1. The van der Waals surface area contributed by atoms with E-state index in [1.807, 2.05) is 12.2 Å². The molecular weight excluding hydrogens is 469 g/mol. The topological polar surface area (TPSA) is 99.2 Å². The minimum absolute atomic E-state index is 0.166. The van der Waals surface area contributed by atoms with Gasteiger partial charge in [-0.3, -0.25) is 4.79 Å². The summed E-state index contributed by atoms with van der Waals surface area (Å²) in [6.07, 6.45) is 14.3. The number of aliphatic hydroxyl groups is 1. The first-order chi connectivity index (χ1) is 18.1. The highest BCUT2D eigenvalue weighted by Gasteiger charge is 2.15. The SMILES string of the molecule is C=CCCCCCCNc1ncc(C(=O)NCc2ccc(F)cc2)c(NCCCC(CC=C)CCO)n1. The monoisotopic (exact) mass is 511 g/mol. The molecule has 2 aromatic rings. The number of aromatic nitrogens is 2. The van der Waals surface area contributed by atoms with E-state index in [9.17, 15) is 14.3 Å². The van der Waals surface area contributed by atoms with E-state index in [0.29, 0.717) is 29.8 Å². The summed E-state index contributed by atoms with van der Waals surface area (Å²) in [4.78, 5) is 21.9. The summed E-state index contributed by atoms with van der Waals surface area (Å²) in [5.41, 5.74) is 1.16. The van der Waals surface area contributed by atoms with Crippen LogP contribution in [-0.2, 0) is 6.54 Å². The fourth-order valence-corrected chi connectivity index (χ4v) is 4.01. The molecule has 1 unspecified atom stereocenters. The van der Waals surface area contributed by atoms with Gasteiger partial charge in [0.1, 0.15) is 17.2 Å². The predicted molar refractivity (Wildman–Crippen MR) is 149 cm³/mol. The molecule has 1 amide bonds. The maximum Gasteiger partial charge on any atom is 0.256 e. The lowest BCUT2D eigenvalue weighted by Gasteiger charge is -2.15. The molecule has 0 radical (unpaired) electrons. The molecule has 4 N–H and O–H groups in total. The largest absolute Gasteiger partial charge is 0.396 e. The van der Waals surface area contributed by atoms with Crippen molar-refractivity contribution in [2.45, 2.75) is 64.3 Å². The van der Waals surface area contributed by atoms with Crippen molar-refractivity contribution in [3.05, 3.63) is 72.7 Å². The number of rotatable bonds is 20. The highest BCUT2D eigenvalue weighted by Crippen LogP contribution is 2.18. The second kappa shape index (κ2) is 18.1. The molecule has 0 aliphatic carbocycles. The summed E-state index contributed by atoms with van der Waals surface area (Å²) in [6.45, 7) is 9.39. The molecule has 0 bridgehead atoms. The van der Waals surface area contributed by atoms with E-state index >= 15 is 0 Å². The maximum absolute atomic E-state index is 13.2. The average molecular weight is 512 g/mol. The third kappa shape index (κ3) is 12.0. The molecule has 0 aliphatic rings. The third-order valence-electron chi connectivity index (χ3n) is 6.14. The Morgan fingerprint density at radius 1 is 1.00 bits per heavy atom. The lowest BCUT2D eigenvalue weighted by atomic mass is 9.96. The van der Waals surface area contributed by atoms with Crippen molar-refractivity contribution < 1.29 is 14.3 Å². The second-order valence-corrected chi connectivity index (χ2v) is 9.16. The molecule has 8 heteroatoms. The van der Waals surface area contributed by atoms with Crippen LogP contribution in [0.3, 0.4) is 0 Å². The Balaban J connectivity index is 1.98. The number of amides is 1. The van der Waals surface area contributed by atoms with Crippen LogP contribution in [0.4, 0.5) is 16.2 Å². The smallest absolute Gasteiger partial charge is 0.256 e. The molecule has 0 saturated heterocycles. The van der Waals surface area contributed by atoms with Crippen molar-refractivity contribution in [3.63, 3.8) is 0 Å². The van der Waals surface area contributed by atoms with Gasteiger partial charge in [-0.1, -0.05) is 37.1 Å². The molecule has 0 aliphatic heterocycles. The molecule has 0 spiro atoms. The Hall–Kier alpha value is -3.26. The first-order valence-electron chi connectivity index (χ1n) is 13.3. The van der Waals surface area contributed by atoms with Gasteiger partial charge in [-0.15, -0.1) is 13.2 Å². The lowest BCUT2D eigenvalue weighted by Crippen LogP contribution is -2.25. The highest BCUT2D eigenvalue weighted by molar-refractivity contribution is 5.98. The number of nitrogens with zero attached hydrogens (tertiary/aromatic N) is 2. The van der Waals surface area contributed by atoms with Gasteiger partial charge in [0.2, 0.25) is 5.95 Å². The number of allylic oxidation sites excluding steroid dienone is 2. The molecular formula is C29H42FN5O2. The van der Waals surface area contributed by atoms with Crippen LogP contribution in [0, 0.1) is 11.7 Å². The van der Waals surface area contributed by atoms with Gasteiger partial charge in [0.25, 0.3) is 5.91 Å². The van der Waals surface area contributed by atoms with Gasteiger partial charge in [0.15, 0.2) is 0 Å². The summed E-state index contributed by atoms with van der Waals surface area (Å²) >= 11 is 0. The Morgan fingerprint density at radius 2 is 1.76 bits per heavy atom. The summed E-state index contributed by atoms with van der Waals surface area (Å²) < 4.78 is 13.2. The van der Waals surface area contributed by atoms with Crippen molar-refractivity contribution in [1.29, 1.82) is 0 Å². The van der Waals surface area contributed by atoms with Crippen molar-refractivity contribution in [2.75, 3.05) is 30.3 Å². The molecule has 2 rings (SSSR count). The summed E-state index contributed by atoms with van der Waals surface area (Å²) in [5, 5.41) is 18.7. The number of unbranched alkanes of at least 4 members (excludes halogenated alkanes) is 4. The second-order valence-electron chi connectivity index (χ2n) is 9.16. The molecule has 1 atom stereocenters. The predicted octanol–water partition coefficient (Wildman–Crippen LogP) is 5.86.